The Labute approximate surface area is 176 Å². The number of rotatable bonds is 6. The van der Waals surface area contributed by atoms with Gasteiger partial charge in [-0.3, -0.25) is 4.79 Å². The zero-order valence-electron chi connectivity index (χ0n) is 16.6. The predicted molar refractivity (Wildman–Crippen MR) is 115 cm³/mol. The normalized spacial score (nSPS) is 11.4. The predicted octanol–water partition coefficient (Wildman–Crippen LogP) is 5.25. The molecule has 5 nitrogen and oxygen atoms in total. The molecule has 0 aliphatic heterocycles. The summed E-state index contributed by atoms with van der Waals surface area (Å²) in [5.74, 6) is -0.175. The quantitative estimate of drug-likeness (QED) is 0.580. The fourth-order valence-electron chi connectivity index (χ4n) is 3.33. The van der Waals surface area contributed by atoms with E-state index in [1.54, 1.807) is 61.5 Å². The summed E-state index contributed by atoms with van der Waals surface area (Å²) in [4.78, 5) is 13.2. The summed E-state index contributed by atoms with van der Waals surface area (Å²) >= 11 is 6.16. The number of nitrogens with zero attached hydrogens (tertiary/aromatic N) is 1. The summed E-state index contributed by atoms with van der Waals surface area (Å²) in [5, 5.41) is 3.12. The zero-order valence-corrected chi connectivity index (χ0v) is 18.1. The van der Waals surface area contributed by atoms with Crippen molar-refractivity contribution in [2.75, 3.05) is 5.32 Å². The Hall–Kier alpha value is -2.57. The molecule has 0 aliphatic carbocycles. The number of nitrogens with one attached hydrogen (secondary N) is 1. The van der Waals surface area contributed by atoms with E-state index in [1.165, 1.54) is 0 Å². The van der Waals surface area contributed by atoms with Crippen LogP contribution >= 0.6 is 11.6 Å². The first kappa shape index (κ1) is 21.1. The molecule has 1 N–H and O–H groups in total. The summed E-state index contributed by atoms with van der Waals surface area (Å²) in [6.07, 6.45) is 0.786. The summed E-state index contributed by atoms with van der Waals surface area (Å²) in [5.41, 5.74) is 1.71. The molecule has 152 valence electrons. The van der Waals surface area contributed by atoms with Crippen LogP contribution in [0.15, 0.2) is 64.4 Å². The second-order valence-corrected chi connectivity index (χ2v) is 9.08. The highest BCUT2D eigenvalue weighted by Crippen LogP contribution is 2.36. The van der Waals surface area contributed by atoms with Crippen molar-refractivity contribution in [2.45, 2.75) is 43.5 Å². The highest BCUT2D eigenvalue weighted by molar-refractivity contribution is 7.91. The maximum absolute atomic E-state index is 13.4. The number of carbonyl (C=O) groups excluding carboxylic acids is 1. The van der Waals surface area contributed by atoms with Crippen LogP contribution < -0.4 is 5.32 Å². The first-order valence-electron chi connectivity index (χ1n) is 9.34. The Morgan fingerprint density at radius 1 is 1.03 bits per heavy atom. The van der Waals surface area contributed by atoms with Crippen LogP contribution in [0.1, 0.15) is 35.0 Å². The molecule has 1 amide bonds. The van der Waals surface area contributed by atoms with Crippen molar-refractivity contribution in [2.24, 2.45) is 0 Å². The smallest absolute Gasteiger partial charge is 0.258 e. The molecule has 2 aromatic carbocycles. The minimum absolute atomic E-state index is 0.120. The van der Waals surface area contributed by atoms with Gasteiger partial charge in [-0.1, -0.05) is 48.9 Å². The van der Waals surface area contributed by atoms with Crippen LogP contribution in [0.5, 0.6) is 0 Å². The van der Waals surface area contributed by atoms with Gasteiger partial charge in [0, 0.05) is 12.2 Å². The highest BCUT2D eigenvalue weighted by atomic mass is 35.5. The first-order chi connectivity index (χ1) is 13.8. The molecule has 0 spiro atoms. The van der Waals surface area contributed by atoms with Crippen molar-refractivity contribution in [3.8, 4) is 0 Å². The molecule has 7 heteroatoms. The largest absolute Gasteiger partial charge is 0.331 e. The number of hydrogen-bond donors (Lipinski definition) is 1. The van der Waals surface area contributed by atoms with E-state index in [2.05, 4.69) is 5.32 Å². The van der Waals surface area contributed by atoms with E-state index < -0.39 is 15.7 Å². The standard InChI is InChI=1S/C22H23ClN2O3S/c1-4-14-25-16(3)15(2)20(29(27,28)17-10-6-5-7-11-17)21(25)24-22(26)18-12-8-9-13-19(18)23/h5-13H,4,14H2,1-3H3,(H,24,26). The Kier molecular flexibility index (Phi) is 6.15. The van der Waals surface area contributed by atoms with Crippen molar-refractivity contribution in [3.63, 3.8) is 0 Å². The third-order valence-corrected chi connectivity index (χ3v) is 7.15. The number of halogens is 1. The second kappa shape index (κ2) is 8.43. The minimum Gasteiger partial charge on any atom is -0.331 e. The Morgan fingerprint density at radius 3 is 2.28 bits per heavy atom. The second-order valence-electron chi connectivity index (χ2n) is 6.79. The fourth-order valence-corrected chi connectivity index (χ4v) is 5.27. The number of carbonyl (C=O) groups is 1. The average Bonchev–Trinajstić information content (AvgIpc) is 2.94. The Balaban J connectivity index is 2.19. The van der Waals surface area contributed by atoms with Crippen molar-refractivity contribution in [3.05, 3.63) is 76.4 Å². The number of sulfone groups is 1. The van der Waals surface area contributed by atoms with Crippen LogP contribution in [0.3, 0.4) is 0 Å². The Morgan fingerprint density at radius 2 is 1.66 bits per heavy atom. The average molecular weight is 431 g/mol. The molecule has 3 aromatic rings. The molecule has 0 fully saturated rings. The molecule has 0 unspecified atom stereocenters. The molecule has 0 saturated carbocycles. The monoisotopic (exact) mass is 430 g/mol. The van der Waals surface area contributed by atoms with Crippen molar-refractivity contribution in [1.82, 2.24) is 4.57 Å². The lowest BCUT2D eigenvalue weighted by atomic mass is 10.2. The number of benzene rings is 2. The molecule has 3 rings (SSSR count). The summed E-state index contributed by atoms with van der Waals surface area (Å²) < 4.78 is 28.7. The van der Waals surface area contributed by atoms with Crippen molar-refractivity contribution < 1.29 is 13.2 Å². The Bertz CT molecular complexity index is 1150. The van der Waals surface area contributed by atoms with Gasteiger partial charge in [-0.25, -0.2) is 8.42 Å². The molecule has 0 bridgehead atoms. The number of anilines is 1. The van der Waals surface area contributed by atoms with Gasteiger partial charge in [0.15, 0.2) is 0 Å². The topological polar surface area (TPSA) is 68.2 Å². The van der Waals surface area contributed by atoms with Crippen LogP contribution in [0.25, 0.3) is 0 Å². The maximum atomic E-state index is 13.4. The lowest BCUT2D eigenvalue weighted by Crippen LogP contribution is -2.18. The molecule has 0 saturated heterocycles. The van der Waals surface area contributed by atoms with Gasteiger partial charge in [-0.2, -0.15) is 0 Å². The van der Waals surface area contributed by atoms with Gasteiger partial charge < -0.3 is 9.88 Å². The van der Waals surface area contributed by atoms with Gasteiger partial charge in [0.05, 0.1) is 15.5 Å². The molecule has 0 radical (unpaired) electrons. The molecule has 29 heavy (non-hydrogen) atoms. The molecular formula is C22H23ClN2O3S. The van der Waals surface area contributed by atoms with Crippen LogP contribution in [-0.4, -0.2) is 18.9 Å². The van der Waals surface area contributed by atoms with Crippen molar-refractivity contribution in [1.29, 1.82) is 0 Å². The lowest BCUT2D eigenvalue weighted by molar-refractivity contribution is 0.102. The van der Waals surface area contributed by atoms with E-state index >= 15 is 0 Å². The van der Waals surface area contributed by atoms with Crippen LogP contribution in [0, 0.1) is 13.8 Å². The van der Waals surface area contributed by atoms with Gasteiger partial charge in [0.1, 0.15) is 10.7 Å². The SMILES string of the molecule is CCCn1c(C)c(C)c(S(=O)(=O)c2ccccc2)c1NC(=O)c1ccccc1Cl. The van der Waals surface area contributed by atoms with Gasteiger partial charge in [-0.15, -0.1) is 0 Å². The van der Waals surface area contributed by atoms with Crippen LogP contribution in [0.2, 0.25) is 5.02 Å². The molecule has 0 aliphatic rings. The van der Waals surface area contributed by atoms with E-state index in [-0.39, 0.29) is 21.2 Å². The number of amides is 1. The van der Waals surface area contributed by atoms with Crippen LogP contribution in [0.4, 0.5) is 5.82 Å². The summed E-state index contributed by atoms with van der Waals surface area (Å²) in [6.45, 7) is 6.21. The molecule has 1 heterocycles. The van der Waals surface area contributed by atoms with E-state index in [0.717, 1.165) is 12.1 Å². The van der Waals surface area contributed by atoms with Crippen molar-refractivity contribution >= 4 is 33.2 Å². The minimum atomic E-state index is -3.83. The third-order valence-electron chi connectivity index (χ3n) is 4.89. The van der Waals surface area contributed by atoms with Crippen LogP contribution in [-0.2, 0) is 16.4 Å². The number of aromatic nitrogens is 1. The van der Waals surface area contributed by atoms with E-state index in [4.69, 9.17) is 11.6 Å². The van der Waals surface area contributed by atoms with E-state index in [1.807, 2.05) is 18.4 Å². The van der Waals surface area contributed by atoms with E-state index in [0.29, 0.717) is 17.1 Å². The third kappa shape index (κ3) is 3.95. The summed E-state index contributed by atoms with van der Waals surface area (Å²) in [6, 6.07) is 14.9. The molecular weight excluding hydrogens is 408 g/mol. The van der Waals surface area contributed by atoms with Gasteiger partial charge in [0.25, 0.3) is 5.91 Å². The van der Waals surface area contributed by atoms with E-state index in [9.17, 15) is 13.2 Å². The van der Waals surface area contributed by atoms with Gasteiger partial charge >= 0.3 is 0 Å². The fraction of sp³-hybridized carbons (Fsp3) is 0.227. The maximum Gasteiger partial charge on any atom is 0.258 e. The van der Waals surface area contributed by atoms with Gasteiger partial charge in [0.2, 0.25) is 9.84 Å². The summed E-state index contributed by atoms with van der Waals surface area (Å²) in [7, 11) is -3.83. The first-order valence-corrected chi connectivity index (χ1v) is 11.2. The molecule has 1 aromatic heterocycles. The zero-order chi connectivity index (χ0) is 21.2. The van der Waals surface area contributed by atoms with Gasteiger partial charge in [-0.05, 0) is 50.1 Å². The molecule has 0 atom stereocenters. The lowest BCUT2D eigenvalue weighted by Gasteiger charge is -2.14. The highest BCUT2D eigenvalue weighted by Gasteiger charge is 2.30. The number of hydrogen-bond acceptors (Lipinski definition) is 3.